The van der Waals surface area contributed by atoms with Gasteiger partial charge in [0.05, 0.1) is 12.4 Å². The smallest absolute Gasteiger partial charge is 0.145 e. The Morgan fingerprint density at radius 1 is 0.762 bits per heavy atom. The summed E-state index contributed by atoms with van der Waals surface area (Å²) in [7, 11) is 0. The van der Waals surface area contributed by atoms with Crippen LogP contribution in [0.4, 0.5) is 0 Å². The summed E-state index contributed by atoms with van der Waals surface area (Å²) in [5.74, 6) is 1.52. The van der Waals surface area contributed by atoms with Crippen molar-refractivity contribution >= 4 is 0 Å². The first-order valence-corrected chi connectivity index (χ1v) is 7.89. The van der Waals surface area contributed by atoms with Crippen LogP contribution in [0, 0.1) is 0 Å². The van der Waals surface area contributed by atoms with Gasteiger partial charge >= 0.3 is 0 Å². The number of hydrogen-bond donors (Lipinski definition) is 0. The molecule has 0 saturated heterocycles. The van der Waals surface area contributed by atoms with Crippen molar-refractivity contribution < 1.29 is 4.74 Å². The summed E-state index contributed by atoms with van der Waals surface area (Å²) in [6, 6.07) is 8.02. The van der Waals surface area contributed by atoms with E-state index in [-0.39, 0.29) is 0 Å². The topological polar surface area (TPSA) is 35.0 Å². The van der Waals surface area contributed by atoms with E-state index in [0.717, 1.165) is 35.7 Å². The normalized spacial score (nSPS) is 10.6. The molecule has 0 aliphatic heterocycles. The zero-order valence-corrected chi connectivity index (χ0v) is 13.0. The van der Waals surface area contributed by atoms with E-state index in [1.54, 1.807) is 12.4 Å². The fraction of sp³-hybridized carbons (Fsp3) is 0.444. The highest BCUT2D eigenvalue weighted by molar-refractivity contribution is 5.28. The van der Waals surface area contributed by atoms with Crippen molar-refractivity contribution in [3.8, 4) is 11.5 Å². The zero-order valence-electron chi connectivity index (χ0n) is 13.0. The molecule has 0 aliphatic rings. The third-order valence-corrected chi connectivity index (χ3v) is 3.40. The van der Waals surface area contributed by atoms with Crippen LogP contribution in [-0.2, 0) is 12.8 Å². The average molecular weight is 284 g/mol. The molecule has 0 aliphatic carbocycles. The summed E-state index contributed by atoms with van der Waals surface area (Å²) < 4.78 is 5.77. The van der Waals surface area contributed by atoms with Crippen molar-refractivity contribution in [3.05, 3.63) is 48.0 Å². The first kappa shape index (κ1) is 15.5. The molecule has 2 aromatic heterocycles. The Morgan fingerprint density at radius 2 is 1.24 bits per heavy atom. The molecule has 21 heavy (non-hydrogen) atoms. The molecular weight excluding hydrogens is 260 g/mol. The Bertz CT molecular complexity index is 470. The van der Waals surface area contributed by atoms with Crippen LogP contribution >= 0.6 is 0 Å². The van der Waals surface area contributed by atoms with Gasteiger partial charge in [-0.25, -0.2) is 0 Å². The minimum Gasteiger partial charge on any atom is -0.454 e. The third kappa shape index (κ3) is 5.18. The summed E-state index contributed by atoms with van der Waals surface area (Å²) in [5, 5.41) is 0. The summed E-state index contributed by atoms with van der Waals surface area (Å²) in [6.07, 6.45) is 10.4. The van der Waals surface area contributed by atoms with Crippen molar-refractivity contribution in [1.82, 2.24) is 9.97 Å². The van der Waals surface area contributed by atoms with Crippen molar-refractivity contribution in [2.75, 3.05) is 0 Å². The molecule has 0 radical (unpaired) electrons. The largest absolute Gasteiger partial charge is 0.454 e. The molecule has 0 spiro atoms. The number of aromatic nitrogens is 2. The molecule has 3 heteroatoms. The van der Waals surface area contributed by atoms with E-state index in [9.17, 15) is 0 Å². The molecule has 0 atom stereocenters. The van der Waals surface area contributed by atoms with Gasteiger partial charge in [0.25, 0.3) is 0 Å². The number of pyridine rings is 2. The first-order valence-electron chi connectivity index (χ1n) is 7.89. The maximum Gasteiger partial charge on any atom is 0.145 e. The lowest BCUT2D eigenvalue weighted by Crippen LogP contribution is -1.93. The van der Waals surface area contributed by atoms with Crippen LogP contribution in [0.25, 0.3) is 0 Å². The van der Waals surface area contributed by atoms with Gasteiger partial charge in [-0.1, -0.05) is 26.7 Å². The minimum absolute atomic E-state index is 0.762. The van der Waals surface area contributed by atoms with Gasteiger partial charge in [-0.3, -0.25) is 9.97 Å². The molecule has 0 aromatic carbocycles. The van der Waals surface area contributed by atoms with Gasteiger partial charge < -0.3 is 4.74 Å². The van der Waals surface area contributed by atoms with Crippen LogP contribution in [0.3, 0.4) is 0 Å². The predicted molar refractivity (Wildman–Crippen MR) is 85.8 cm³/mol. The zero-order chi connectivity index (χ0) is 14.9. The second kappa shape index (κ2) is 8.40. The summed E-state index contributed by atoms with van der Waals surface area (Å²) in [4.78, 5) is 8.85. The monoisotopic (exact) mass is 284 g/mol. The lowest BCUT2D eigenvalue weighted by atomic mass is 10.2. The van der Waals surface area contributed by atoms with Gasteiger partial charge in [-0.15, -0.1) is 0 Å². The fourth-order valence-electron chi connectivity index (χ4n) is 2.09. The predicted octanol–water partition coefficient (Wildman–Crippen LogP) is 4.95. The third-order valence-electron chi connectivity index (χ3n) is 3.40. The van der Waals surface area contributed by atoms with E-state index in [4.69, 9.17) is 4.74 Å². The van der Waals surface area contributed by atoms with Crippen LogP contribution in [0.2, 0.25) is 0 Å². The van der Waals surface area contributed by atoms with Gasteiger partial charge in [-0.2, -0.15) is 0 Å². The Labute approximate surface area is 127 Å². The Kier molecular flexibility index (Phi) is 6.20. The van der Waals surface area contributed by atoms with Crippen molar-refractivity contribution in [1.29, 1.82) is 0 Å². The highest BCUT2D eigenvalue weighted by atomic mass is 16.5. The van der Waals surface area contributed by atoms with Gasteiger partial charge in [0, 0.05) is 11.4 Å². The molecule has 0 bridgehead atoms. The van der Waals surface area contributed by atoms with Crippen molar-refractivity contribution in [3.63, 3.8) is 0 Å². The maximum atomic E-state index is 5.77. The van der Waals surface area contributed by atoms with Crippen LogP contribution in [0.5, 0.6) is 11.5 Å². The van der Waals surface area contributed by atoms with Gasteiger partial charge in [0.15, 0.2) is 0 Å². The minimum atomic E-state index is 0.762. The molecule has 0 unspecified atom stereocenters. The number of aryl methyl sites for hydroxylation is 2. The van der Waals surface area contributed by atoms with Crippen molar-refractivity contribution in [2.45, 2.75) is 52.4 Å². The molecular formula is C18H24N2O. The first-order chi connectivity index (χ1) is 10.3. The Hall–Kier alpha value is -1.90. The Morgan fingerprint density at radius 3 is 1.57 bits per heavy atom. The van der Waals surface area contributed by atoms with Crippen LogP contribution in [0.1, 0.15) is 50.9 Å². The highest BCUT2D eigenvalue weighted by Gasteiger charge is 2.01. The molecule has 0 amide bonds. The number of unbranched alkanes of at least 4 members (excludes halogenated alkanes) is 2. The van der Waals surface area contributed by atoms with E-state index >= 15 is 0 Å². The van der Waals surface area contributed by atoms with Crippen LogP contribution in [0.15, 0.2) is 36.7 Å². The molecule has 3 nitrogen and oxygen atoms in total. The van der Waals surface area contributed by atoms with Gasteiger partial charge in [0.2, 0.25) is 0 Å². The molecule has 0 N–H and O–H groups in total. The quantitative estimate of drug-likeness (QED) is 0.687. The van der Waals surface area contributed by atoms with Gasteiger partial charge in [-0.05, 0) is 49.9 Å². The summed E-state index contributed by atoms with van der Waals surface area (Å²) in [6.45, 7) is 4.38. The lowest BCUT2D eigenvalue weighted by molar-refractivity contribution is 0.476. The second-order valence-electron chi connectivity index (χ2n) is 5.28. The molecule has 2 rings (SSSR count). The molecule has 2 heterocycles. The second-order valence-corrected chi connectivity index (χ2v) is 5.28. The molecule has 0 fully saturated rings. The average Bonchev–Trinajstić information content (AvgIpc) is 2.53. The van der Waals surface area contributed by atoms with E-state index in [0.29, 0.717) is 0 Å². The summed E-state index contributed by atoms with van der Waals surface area (Å²) in [5.41, 5.74) is 2.24. The molecule has 2 aromatic rings. The fourth-order valence-corrected chi connectivity index (χ4v) is 2.09. The van der Waals surface area contributed by atoms with Gasteiger partial charge in [0.1, 0.15) is 11.5 Å². The van der Waals surface area contributed by atoms with E-state index < -0.39 is 0 Å². The maximum absolute atomic E-state index is 5.77. The number of rotatable bonds is 8. The van der Waals surface area contributed by atoms with Crippen molar-refractivity contribution in [2.24, 2.45) is 0 Å². The number of ether oxygens (including phenoxy) is 1. The molecule has 0 saturated carbocycles. The number of nitrogens with zero attached hydrogens (tertiary/aromatic N) is 2. The lowest BCUT2D eigenvalue weighted by Gasteiger charge is -2.07. The van der Waals surface area contributed by atoms with Crippen LogP contribution < -0.4 is 4.74 Å². The number of hydrogen-bond acceptors (Lipinski definition) is 3. The van der Waals surface area contributed by atoms with Crippen LogP contribution in [-0.4, -0.2) is 9.97 Å². The molecule has 112 valence electrons. The Balaban J connectivity index is 1.91. The van der Waals surface area contributed by atoms with E-state index in [1.807, 2.05) is 24.3 Å². The van der Waals surface area contributed by atoms with E-state index in [1.165, 1.54) is 25.7 Å². The SMILES string of the molecule is CCCCc1ccc(Oc2ccc(CCCC)nc2)cn1. The van der Waals surface area contributed by atoms with E-state index in [2.05, 4.69) is 23.8 Å². The summed E-state index contributed by atoms with van der Waals surface area (Å²) >= 11 is 0. The standard InChI is InChI=1S/C18H24N2O/c1-3-5-7-15-9-11-17(13-19-15)21-18-12-10-16(20-14-18)8-6-4-2/h9-14H,3-8H2,1-2H3. The highest BCUT2D eigenvalue weighted by Crippen LogP contribution is 2.20.